The highest BCUT2D eigenvalue weighted by molar-refractivity contribution is 5.94. The van der Waals surface area contributed by atoms with Crippen LogP contribution in [0.3, 0.4) is 0 Å². The van der Waals surface area contributed by atoms with Crippen molar-refractivity contribution < 1.29 is 14.7 Å². The summed E-state index contributed by atoms with van der Waals surface area (Å²) in [6.07, 6.45) is 6.36. The van der Waals surface area contributed by atoms with E-state index in [9.17, 15) is 19.5 Å². The fraction of sp³-hybridized carbons (Fsp3) is 0.533. The number of nitrogens with one attached hydrogen (secondary N) is 2. The molecular formula is C15H20N2O4. The fourth-order valence-electron chi connectivity index (χ4n) is 2.77. The van der Waals surface area contributed by atoms with E-state index in [1.165, 1.54) is 18.3 Å². The molecule has 0 aliphatic heterocycles. The van der Waals surface area contributed by atoms with E-state index >= 15 is 0 Å². The van der Waals surface area contributed by atoms with Crippen LogP contribution in [0.15, 0.2) is 23.1 Å². The van der Waals surface area contributed by atoms with Gasteiger partial charge in [-0.15, -0.1) is 0 Å². The summed E-state index contributed by atoms with van der Waals surface area (Å²) in [6.45, 7) is 0.125. The number of amides is 1. The molecule has 3 N–H and O–H groups in total. The topological polar surface area (TPSA) is 99.3 Å². The average molecular weight is 292 g/mol. The number of carbonyl (C=O) groups excluding carboxylic acids is 1. The maximum absolute atomic E-state index is 12.0. The van der Waals surface area contributed by atoms with Crippen LogP contribution < -0.4 is 10.9 Å². The molecule has 1 heterocycles. The van der Waals surface area contributed by atoms with E-state index < -0.39 is 11.4 Å². The number of H-pyrrole nitrogens is 1. The summed E-state index contributed by atoms with van der Waals surface area (Å²) in [5.41, 5.74) is -0.824. The van der Waals surface area contributed by atoms with Gasteiger partial charge in [-0.2, -0.15) is 0 Å². The SMILES string of the molecule is O=C(NCC1(C(=O)O)CCCCCC1)c1ccc(=O)[nH]c1. The number of hydrogen-bond acceptors (Lipinski definition) is 3. The zero-order valence-electron chi connectivity index (χ0n) is 11.9. The molecular weight excluding hydrogens is 272 g/mol. The highest BCUT2D eigenvalue weighted by Crippen LogP contribution is 2.34. The van der Waals surface area contributed by atoms with Crippen LogP contribution in [-0.4, -0.2) is 28.5 Å². The predicted octanol–water partition coefficient (Wildman–Crippen LogP) is 1.53. The summed E-state index contributed by atoms with van der Waals surface area (Å²) in [6, 6.07) is 2.70. The quantitative estimate of drug-likeness (QED) is 0.733. The first-order valence-corrected chi connectivity index (χ1v) is 7.24. The predicted molar refractivity (Wildman–Crippen MR) is 77.2 cm³/mol. The third kappa shape index (κ3) is 3.71. The van der Waals surface area contributed by atoms with Crippen LogP contribution in [0.1, 0.15) is 48.9 Å². The first-order valence-electron chi connectivity index (χ1n) is 7.24. The molecule has 6 nitrogen and oxygen atoms in total. The van der Waals surface area contributed by atoms with Crippen LogP contribution in [0.25, 0.3) is 0 Å². The van der Waals surface area contributed by atoms with Gasteiger partial charge in [0.2, 0.25) is 5.56 Å². The van der Waals surface area contributed by atoms with Crippen LogP contribution in [0.5, 0.6) is 0 Å². The first-order chi connectivity index (χ1) is 10.0. The highest BCUT2D eigenvalue weighted by Gasteiger charge is 2.38. The van der Waals surface area contributed by atoms with Crippen molar-refractivity contribution in [3.8, 4) is 0 Å². The minimum Gasteiger partial charge on any atom is -0.481 e. The van der Waals surface area contributed by atoms with Gasteiger partial charge in [0, 0.05) is 18.8 Å². The van der Waals surface area contributed by atoms with Crippen LogP contribution in [0.4, 0.5) is 0 Å². The highest BCUT2D eigenvalue weighted by atomic mass is 16.4. The number of carbonyl (C=O) groups is 2. The van der Waals surface area contributed by atoms with Crippen LogP contribution in [-0.2, 0) is 4.79 Å². The minimum absolute atomic E-state index is 0.125. The molecule has 1 amide bonds. The van der Waals surface area contributed by atoms with Crippen molar-refractivity contribution in [1.29, 1.82) is 0 Å². The smallest absolute Gasteiger partial charge is 0.311 e. The molecule has 0 saturated heterocycles. The van der Waals surface area contributed by atoms with Gasteiger partial charge in [-0.1, -0.05) is 25.7 Å². The zero-order chi connectivity index (χ0) is 15.3. The van der Waals surface area contributed by atoms with Crippen molar-refractivity contribution in [2.75, 3.05) is 6.54 Å². The van der Waals surface area contributed by atoms with Crippen molar-refractivity contribution in [2.24, 2.45) is 5.41 Å². The fourth-order valence-corrected chi connectivity index (χ4v) is 2.77. The Bertz CT molecular complexity index is 551. The lowest BCUT2D eigenvalue weighted by molar-refractivity contribution is -0.149. The van der Waals surface area contributed by atoms with E-state index in [1.54, 1.807) is 0 Å². The number of carboxylic acids is 1. The molecule has 1 aliphatic carbocycles. The summed E-state index contributed by atoms with van der Waals surface area (Å²) in [5, 5.41) is 12.2. The van der Waals surface area contributed by atoms with Crippen LogP contribution in [0, 0.1) is 5.41 Å². The van der Waals surface area contributed by atoms with E-state index in [0.717, 1.165) is 25.7 Å². The molecule has 0 radical (unpaired) electrons. The molecule has 0 unspecified atom stereocenters. The van der Waals surface area contributed by atoms with Gasteiger partial charge in [-0.25, -0.2) is 0 Å². The standard InChI is InChI=1S/C15H20N2O4/c18-12-6-5-11(9-16-12)13(19)17-10-15(14(20)21)7-3-1-2-4-8-15/h5-6,9H,1-4,7-8,10H2,(H,16,18)(H,17,19)(H,20,21). The molecule has 0 aromatic carbocycles. The van der Waals surface area contributed by atoms with Crippen molar-refractivity contribution >= 4 is 11.9 Å². The molecule has 0 spiro atoms. The van der Waals surface area contributed by atoms with E-state index in [1.807, 2.05) is 0 Å². The second-order valence-electron chi connectivity index (χ2n) is 5.62. The van der Waals surface area contributed by atoms with E-state index in [4.69, 9.17) is 0 Å². The summed E-state index contributed by atoms with van der Waals surface area (Å²) >= 11 is 0. The molecule has 1 saturated carbocycles. The molecule has 0 bridgehead atoms. The second kappa shape index (κ2) is 6.56. The second-order valence-corrected chi connectivity index (χ2v) is 5.62. The summed E-state index contributed by atoms with van der Waals surface area (Å²) < 4.78 is 0. The average Bonchev–Trinajstić information content (AvgIpc) is 2.72. The molecule has 114 valence electrons. The molecule has 1 aromatic heterocycles. The Kier molecular flexibility index (Phi) is 4.77. The van der Waals surface area contributed by atoms with Gasteiger partial charge in [0.05, 0.1) is 11.0 Å². The van der Waals surface area contributed by atoms with Gasteiger partial charge in [0.1, 0.15) is 0 Å². The summed E-state index contributed by atoms with van der Waals surface area (Å²) in [4.78, 5) is 37.0. The molecule has 6 heteroatoms. The summed E-state index contributed by atoms with van der Waals surface area (Å²) in [7, 11) is 0. The van der Waals surface area contributed by atoms with Gasteiger partial charge in [0.15, 0.2) is 0 Å². The van der Waals surface area contributed by atoms with Crippen molar-refractivity contribution in [3.05, 3.63) is 34.2 Å². The molecule has 2 rings (SSSR count). The largest absolute Gasteiger partial charge is 0.481 e. The minimum atomic E-state index is -0.867. The van der Waals surface area contributed by atoms with E-state index in [2.05, 4.69) is 10.3 Å². The number of aromatic amines is 1. The Morgan fingerprint density at radius 1 is 1.19 bits per heavy atom. The van der Waals surface area contributed by atoms with Gasteiger partial charge in [-0.05, 0) is 18.9 Å². The number of rotatable bonds is 4. The van der Waals surface area contributed by atoms with Gasteiger partial charge in [0.25, 0.3) is 5.91 Å². The Labute approximate surface area is 122 Å². The van der Waals surface area contributed by atoms with Crippen LogP contribution >= 0.6 is 0 Å². The third-order valence-electron chi connectivity index (χ3n) is 4.15. The third-order valence-corrected chi connectivity index (χ3v) is 4.15. The van der Waals surface area contributed by atoms with Gasteiger partial charge >= 0.3 is 5.97 Å². The Morgan fingerprint density at radius 3 is 2.38 bits per heavy atom. The monoisotopic (exact) mass is 292 g/mol. The molecule has 1 aromatic rings. The number of pyridine rings is 1. The number of hydrogen-bond donors (Lipinski definition) is 3. The number of aromatic nitrogens is 1. The Hall–Kier alpha value is -2.11. The molecule has 21 heavy (non-hydrogen) atoms. The zero-order valence-corrected chi connectivity index (χ0v) is 11.9. The van der Waals surface area contributed by atoms with Gasteiger partial charge < -0.3 is 15.4 Å². The molecule has 1 aliphatic rings. The molecule has 0 atom stereocenters. The molecule has 1 fully saturated rings. The number of aliphatic carboxylic acids is 1. The lowest BCUT2D eigenvalue weighted by atomic mass is 9.80. The lowest BCUT2D eigenvalue weighted by Gasteiger charge is -2.28. The Morgan fingerprint density at radius 2 is 1.86 bits per heavy atom. The van der Waals surface area contributed by atoms with Crippen molar-refractivity contribution in [2.45, 2.75) is 38.5 Å². The van der Waals surface area contributed by atoms with Crippen LogP contribution in [0.2, 0.25) is 0 Å². The summed E-state index contributed by atoms with van der Waals surface area (Å²) in [5.74, 6) is -1.21. The maximum Gasteiger partial charge on any atom is 0.311 e. The normalized spacial score (nSPS) is 17.7. The number of carboxylic acid groups (broad SMARTS) is 1. The first kappa shape index (κ1) is 15.3. The van der Waals surface area contributed by atoms with Crippen molar-refractivity contribution in [1.82, 2.24) is 10.3 Å². The Balaban J connectivity index is 2.04. The lowest BCUT2D eigenvalue weighted by Crippen LogP contribution is -2.43. The van der Waals surface area contributed by atoms with Crippen molar-refractivity contribution in [3.63, 3.8) is 0 Å². The maximum atomic E-state index is 12.0. The van der Waals surface area contributed by atoms with E-state index in [-0.39, 0.29) is 18.0 Å². The van der Waals surface area contributed by atoms with Gasteiger partial charge in [-0.3, -0.25) is 14.4 Å². The van der Waals surface area contributed by atoms with E-state index in [0.29, 0.717) is 18.4 Å².